The Morgan fingerprint density at radius 2 is 2.00 bits per heavy atom. The molecule has 1 fully saturated rings. The van der Waals surface area contributed by atoms with E-state index in [4.69, 9.17) is 4.74 Å². The average Bonchev–Trinajstić information content (AvgIpc) is 2.41. The van der Waals surface area contributed by atoms with E-state index in [1.807, 2.05) is 0 Å². The van der Waals surface area contributed by atoms with E-state index in [2.05, 4.69) is 6.92 Å². The second-order valence-electron chi connectivity index (χ2n) is 5.11. The van der Waals surface area contributed by atoms with Crippen LogP contribution in [0.15, 0.2) is 23.1 Å². The minimum absolute atomic E-state index is 0.00648. The largest absolute Gasteiger partial charge is 0.491 e. The number of ether oxygens (including phenoxy) is 1. The van der Waals surface area contributed by atoms with Crippen LogP contribution in [0.2, 0.25) is 0 Å². The van der Waals surface area contributed by atoms with E-state index < -0.39 is 15.8 Å². The molecule has 1 aromatic carbocycles. The molecule has 0 aliphatic carbocycles. The third kappa shape index (κ3) is 3.12. The molecule has 0 radical (unpaired) electrons. The molecule has 2 rings (SSSR count). The van der Waals surface area contributed by atoms with Gasteiger partial charge in [0, 0.05) is 13.1 Å². The fraction of sp³-hybridized carbons (Fsp3) is 0.571. The summed E-state index contributed by atoms with van der Waals surface area (Å²) in [4.78, 5) is -0.00648. The lowest BCUT2D eigenvalue weighted by Gasteiger charge is -2.29. The lowest BCUT2D eigenvalue weighted by molar-refractivity contribution is 0.287. The Morgan fingerprint density at radius 3 is 2.55 bits per heavy atom. The fourth-order valence-corrected chi connectivity index (χ4v) is 3.77. The molecule has 1 heterocycles. The number of benzene rings is 1. The van der Waals surface area contributed by atoms with Gasteiger partial charge in [-0.2, -0.15) is 4.31 Å². The summed E-state index contributed by atoms with van der Waals surface area (Å²) in [5, 5.41) is 0. The van der Waals surface area contributed by atoms with Crippen molar-refractivity contribution >= 4 is 10.0 Å². The van der Waals surface area contributed by atoms with Crippen molar-refractivity contribution < 1.29 is 17.5 Å². The van der Waals surface area contributed by atoms with Crippen molar-refractivity contribution in [1.82, 2.24) is 4.31 Å². The molecule has 1 saturated heterocycles. The Labute approximate surface area is 119 Å². The van der Waals surface area contributed by atoms with Crippen LogP contribution in [0.4, 0.5) is 4.39 Å². The Bertz CT molecular complexity index is 566. The zero-order chi connectivity index (χ0) is 14.8. The quantitative estimate of drug-likeness (QED) is 0.859. The number of hydrogen-bond donors (Lipinski definition) is 0. The van der Waals surface area contributed by atoms with Gasteiger partial charge in [0.25, 0.3) is 0 Å². The van der Waals surface area contributed by atoms with Gasteiger partial charge in [0.05, 0.1) is 11.5 Å². The van der Waals surface area contributed by atoms with Gasteiger partial charge in [0.15, 0.2) is 11.6 Å². The van der Waals surface area contributed by atoms with E-state index >= 15 is 0 Å². The Morgan fingerprint density at radius 1 is 1.35 bits per heavy atom. The first-order valence-corrected chi connectivity index (χ1v) is 8.31. The molecule has 0 bridgehead atoms. The van der Waals surface area contributed by atoms with Gasteiger partial charge in [-0.05, 0) is 43.9 Å². The summed E-state index contributed by atoms with van der Waals surface area (Å²) >= 11 is 0. The Kier molecular flexibility index (Phi) is 4.65. The molecule has 1 aliphatic rings. The van der Waals surface area contributed by atoms with E-state index in [1.165, 1.54) is 16.4 Å². The number of hydrogen-bond acceptors (Lipinski definition) is 3. The molecule has 1 aromatic rings. The molecule has 20 heavy (non-hydrogen) atoms. The maximum absolute atomic E-state index is 13.8. The van der Waals surface area contributed by atoms with E-state index in [9.17, 15) is 12.8 Å². The van der Waals surface area contributed by atoms with Crippen LogP contribution in [-0.4, -0.2) is 32.4 Å². The van der Waals surface area contributed by atoms with Gasteiger partial charge >= 0.3 is 0 Å². The van der Waals surface area contributed by atoms with E-state index in [0.29, 0.717) is 25.6 Å². The smallest absolute Gasteiger partial charge is 0.243 e. The third-order valence-electron chi connectivity index (χ3n) is 3.58. The van der Waals surface area contributed by atoms with E-state index in [-0.39, 0.29) is 10.6 Å². The van der Waals surface area contributed by atoms with Gasteiger partial charge < -0.3 is 4.74 Å². The fourth-order valence-electron chi connectivity index (χ4n) is 2.29. The zero-order valence-electron chi connectivity index (χ0n) is 11.8. The number of rotatable bonds is 4. The van der Waals surface area contributed by atoms with Crippen LogP contribution in [0.3, 0.4) is 0 Å². The molecule has 0 unspecified atom stereocenters. The monoisotopic (exact) mass is 301 g/mol. The topological polar surface area (TPSA) is 46.6 Å². The number of piperidine rings is 1. The van der Waals surface area contributed by atoms with Crippen molar-refractivity contribution in [2.45, 2.75) is 31.6 Å². The Balaban J connectivity index is 2.23. The van der Waals surface area contributed by atoms with Crippen molar-refractivity contribution in [2.24, 2.45) is 5.92 Å². The van der Waals surface area contributed by atoms with Crippen LogP contribution in [-0.2, 0) is 10.0 Å². The lowest BCUT2D eigenvalue weighted by Crippen LogP contribution is -2.37. The molecule has 0 N–H and O–H groups in total. The van der Waals surface area contributed by atoms with Crippen LogP contribution >= 0.6 is 0 Å². The van der Waals surface area contributed by atoms with Crippen LogP contribution in [0.1, 0.15) is 26.7 Å². The standard InChI is InChI=1S/C14H20FNO3S/c1-3-19-14-5-4-12(10-13(14)15)20(17,18)16-8-6-11(2)7-9-16/h4-5,10-11H,3,6-9H2,1-2H3. The highest BCUT2D eigenvalue weighted by Crippen LogP contribution is 2.26. The first kappa shape index (κ1) is 15.3. The summed E-state index contributed by atoms with van der Waals surface area (Å²) in [5.41, 5.74) is 0. The highest BCUT2D eigenvalue weighted by molar-refractivity contribution is 7.89. The molecular weight excluding hydrogens is 281 g/mol. The second kappa shape index (κ2) is 6.10. The number of halogens is 1. The summed E-state index contributed by atoms with van der Waals surface area (Å²) in [5.74, 6) is -0.0180. The zero-order valence-corrected chi connectivity index (χ0v) is 12.6. The third-order valence-corrected chi connectivity index (χ3v) is 5.48. The molecule has 0 amide bonds. The minimum Gasteiger partial charge on any atom is -0.491 e. The van der Waals surface area contributed by atoms with E-state index in [1.54, 1.807) is 6.92 Å². The average molecular weight is 301 g/mol. The van der Waals surface area contributed by atoms with Crippen molar-refractivity contribution in [2.75, 3.05) is 19.7 Å². The lowest BCUT2D eigenvalue weighted by atomic mass is 10.0. The van der Waals surface area contributed by atoms with Gasteiger partial charge in [-0.15, -0.1) is 0 Å². The molecule has 0 spiro atoms. The van der Waals surface area contributed by atoms with Gasteiger partial charge in [-0.1, -0.05) is 6.92 Å². The molecule has 112 valence electrons. The van der Waals surface area contributed by atoms with Crippen molar-refractivity contribution in [3.8, 4) is 5.75 Å². The minimum atomic E-state index is -3.60. The SMILES string of the molecule is CCOc1ccc(S(=O)(=O)N2CCC(C)CC2)cc1F. The van der Waals surface area contributed by atoms with Crippen molar-refractivity contribution in [1.29, 1.82) is 0 Å². The summed E-state index contributed by atoms with van der Waals surface area (Å²) < 4.78 is 45.2. The van der Waals surface area contributed by atoms with Crippen LogP contribution < -0.4 is 4.74 Å². The van der Waals surface area contributed by atoms with Crippen molar-refractivity contribution in [3.63, 3.8) is 0 Å². The van der Waals surface area contributed by atoms with Gasteiger partial charge in [-0.25, -0.2) is 12.8 Å². The Hall–Kier alpha value is -1.14. The molecule has 0 atom stereocenters. The summed E-state index contributed by atoms with van der Waals surface area (Å²) in [7, 11) is -3.60. The van der Waals surface area contributed by atoms with Gasteiger partial charge in [0.1, 0.15) is 0 Å². The molecule has 1 aliphatic heterocycles. The van der Waals surface area contributed by atoms with E-state index in [0.717, 1.165) is 18.9 Å². The first-order valence-electron chi connectivity index (χ1n) is 6.87. The first-order chi connectivity index (χ1) is 9.45. The molecule has 4 nitrogen and oxygen atoms in total. The second-order valence-corrected chi connectivity index (χ2v) is 7.05. The van der Waals surface area contributed by atoms with Crippen LogP contribution in [0.25, 0.3) is 0 Å². The number of sulfonamides is 1. The molecule has 0 saturated carbocycles. The maximum Gasteiger partial charge on any atom is 0.243 e. The van der Waals surface area contributed by atoms with Crippen LogP contribution in [0, 0.1) is 11.7 Å². The molecular formula is C14H20FNO3S. The summed E-state index contributed by atoms with van der Waals surface area (Å²) in [6.07, 6.45) is 1.69. The number of nitrogens with zero attached hydrogens (tertiary/aromatic N) is 1. The maximum atomic E-state index is 13.8. The summed E-state index contributed by atoms with van der Waals surface area (Å²) in [6.45, 7) is 5.20. The highest BCUT2D eigenvalue weighted by atomic mass is 32.2. The highest BCUT2D eigenvalue weighted by Gasteiger charge is 2.28. The summed E-state index contributed by atoms with van der Waals surface area (Å²) in [6, 6.07) is 3.82. The van der Waals surface area contributed by atoms with Gasteiger partial charge in [0.2, 0.25) is 10.0 Å². The predicted molar refractivity (Wildman–Crippen MR) is 74.7 cm³/mol. The predicted octanol–water partition coefficient (Wildman–Crippen LogP) is 2.65. The van der Waals surface area contributed by atoms with Crippen LogP contribution in [0.5, 0.6) is 5.75 Å². The van der Waals surface area contributed by atoms with Gasteiger partial charge in [-0.3, -0.25) is 0 Å². The molecule has 0 aromatic heterocycles. The molecule has 6 heteroatoms. The normalized spacial score (nSPS) is 18.1. The van der Waals surface area contributed by atoms with Crippen molar-refractivity contribution in [3.05, 3.63) is 24.0 Å².